The van der Waals surface area contributed by atoms with Gasteiger partial charge in [0, 0.05) is 0 Å². The first-order valence-electron chi connectivity index (χ1n) is 4.95. The fraction of sp³-hybridized carbons (Fsp3) is 0.0833. The Hall–Kier alpha value is -1.88. The lowest BCUT2D eigenvalue weighted by molar-refractivity contribution is 0.201. The van der Waals surface area contributed by atoms with Gasteiger partial charge in [-0.05, 0) is 35.2 Å². The van der Waals surface area contributed by atoms with Gasteiger partial charge in [0.05, 0.1) is 6.54 Å². The molecule has 0 bridgehead atoms. The van der Waals surface area contributed by atoms with E-state index in [9.17, 15) is 9.18 Å². The van der Waals surface area contributed by atoms with Gasteiger partial charge in [-0.1, -0.05) is 12.1 Å². The van der Waals surface area contributed by atoms with Crippen molar-refractivity contribution >= 4 is 22.4 Å². The highest BCUT2D eigenvalue weighted by Crippen LogP contribution is 2.23. The highest BCUT2D eigenvalue weighted by Gasteiger charge is 2.15. The molecule has 0 radical (unpaired) electrons. The number of carboxylic acid groups (broad SMARTS) is 1. The molecule has 17 heavy (non-hydrogen) atoms. The maximum absolute atomic E-state index is 12.7. The second kappa shape index (κ2) is 4.97. The Morgan fingerprint density at radius 3 is 2.53 bits per heavy atom. The van der Waals surface area contributed by atoms with Gasteiger partial charge in [-0.15, -0.1) is 11.3 Å². The summed E-state index contributed by atoms with van der Waals surface area (Å²) in [6, 6.07) is 9.34. The van der Waals surface area contributed by atoms with E-state index in [1.165, 1.54) is 28.4 Å². The highest BCUT2D eigenvalue weighted by molar-refractivity contribution is 7.14. The minimum Gasteiger partial charge on any atom is -0.465 e. The molecule has 3 nitrogen and oxygen atoms in total. The Morgan fingerprint density at radius 1 is 1.29 bits per heavy atom. The molecule has 1 amide bonds. The molecule has 1 aromatic carbocycles. The maximum Gasteiger partial charge on any atom is 0.412 e. The highest BCUT2D eigenvalue weighted by atomic mass is 32.1. The SMILES string of the molecule is O=C(O)N(Cc1ccc(F)cc1)c1cccs1. The summed E-state index contributed by atoms with van der Waals surface area (Å²) in [5, 5.41) is 11.6. The van der Waals surface area contributed by atoms with Crippen LogP contribution >= 0.6 is 11.3 Å². The molecular weight excluding hydrogens is 241 g/mol. The summed E-state index contributed by atoms with van der Waals surface area (Å²) in [6.45, 7) is 0.218. The van der Waals surface area contributed by atoms with Crippen LogP contribution in [-0.2, 0) is 6.54 Å². The van der Waals surface area contributed by atoms with Crippen LogP contribution < -0.4 is 4.90 Å². The van der Waals surface area contributed by atoms with Crippen molar-refractivity contribution in [2.45, 2.75) is 6.54 Å². The number of hydrogen-bond donors (Lipinski definition) is 1. The van der Waals surface area contributed by atoms with E-state index in [2.05, 4.69) is 0 Å². The maximum atomic E-state index is 12.7. The first kappa shape index (κ1) is 11.6. The monoisotopic (exact) mass is 251 g/mol. The van der Waals surface area contributed by atoms with Gasteiger partial charge in [-0.3, -0.25) is 4.90 Å². The number of hydrogen-bond acceptors (Lipinski definition) is 2. The summed E-state index contributed by atoms with van der Waals surface area (Å²) in [6.07, 6.45) is -1.02. The molecule has 1 aromatic heterocycles. The van der Waals surface area contributed by atoms with Crippen LogP contribution in [0, 0.1) is 5.82 Å². The van der Waals surface area contributed by atoms with Crippen LogP contribution in [0.25, 0.3) is 0 Å². The molecule has 2 aromatic rings. The summed E-state index contributed by atoms with van der Waals surface area (Å²) in [4.78, 5) is 12.4. The summed E-state index contributed by atoms with van der Waals surface area (Å²) < 4.78 is 12.7. The molecule has 1 N–H and O–H groups in total. The Balaban J connectivity index is 2.19. The van der Waals surface area contributed by atoms with Crippen molar-refractivity contribution in [1.29, 1.82) is 0 Å². The van der Waals surface area contributed by atoms with Crippen LogP contribution in [-0.4, -0.2) is 11.2 Å². The van der Waals surface area contributed by atoms with Crippen molar-refractivity contribution in [3.63, 3.8) is 0 Å². The molecule has 0 aliphatic rings. The lowest BCUT2D eigenvalue weighted by atomic mass is 10.2. The van der Waals surface area contributed by atoms with Crippen LogP contribution in [0.1, 0.15) is 5.56 Å². The molecule has 0 saturated carbocycles. The van der Waals surface area contributed by atoms with E-state index in [0.29, 0.717) is 5.00 Å². The third kappa shape index (κ3) is 2.82. The van der Waals surface area contributed by atoms with Crippen molar-refractivity contribution in [1.82, 2.24) is 0 Å². The minimum atomic E-state index is -1.02. The first-order chi connectivity index (χ1) is 8.16. The second-order valence-corrected chi connectivity index (χ2v) is 4.37. The van der Waals surface area contributed by atoms with E-state index in [-0.39, 0.29) is 12.4 Å². The Morgan fingerprint density at radius 2 is 2.00 bits per heavy atom. The van der Waals surface area contributed by atoms with E-state index in [1.807, 2.05) is 5.38 Å². The molecule has 0 aliphatic heterocycles. The molecule has 0 atom stereocenters. The summed E-state index contributed by atoms with van der Waals surface area (Å²) in [5.41, 5.74) is 0.752. The van der Waals surface area contributed by atoms with Crippen LogP contribution in [0.15, 0.2) is 41.8 Å². The topological polar surface area (TPSA) is 40.5 Å². The quantitative estimate of drug-likeness (QED) is 0.905. The van der Waals surface area contributed by atoms with E-state index in [0.717, 1.165) is 5.56 Å². The van der Waals surface area contributed by atoms with Gasteiger partial charge < -0.3 is 5.11 Å². The average Bonchev–Trinajstić information content (AvgIpc) is 2.81. The lowest BCUT2D eigenvalue weighted by Gasteiger charge is -2.17. The van der Waals surface area contributed by atoms with Crippen molar-refractivity contribution in [2.24, 2.45) is 0 Å². The molecule has 0 fully saturated rings. The summed E-state index contributed by atoms with van der Waals surface area (Å²) >= 11 is 1.35. The zero-order valence-corrected chi connectivity index (χ0v) is 9.65. The van der Waals surface area contributed by atoms with Crippen LogP contribution in [0.2, 0.25) is 0 Å². The predicted octanol–water partition coefficient (Wildman–Crippen LogP) is 3.57. The van der Waals surface area contributed by atoms with Gasteiger partial charge in [0.1, 0.15) is 10.8 Å². The Kier molecular flexibility index (Phi) is 3.39. The summed E-state index contributed by atoms with van der Waals surface area (Å²) in [5.74, 6) is -0.327. The number of nitrogens with zero attached hydrogens (tertiary/aromatic N) is 1. The zero-order chi connectivity index (χ0) is 12.3. The molecule has 0 saturated heterocycles. The number of amides is 1. The van der Waals surface area contributed by atoms with Gasteiger partial charge in [0.15, 0.2) is 0 Å². The average molecular weight is 251 g/mol. The van der Waals surface area contributed by atoms with Gasteiger partial charge in [0.2, 0.25) is 0 Å². The minimum absolute atomic E-state index is 0.218. The van der Waals surface area contributed by atoms with Crippen LogP contribution in [0.4, 0.5) is 14.2 Å². The van der Waals surface area contributed by atoms with Crippen molar-refractivity contribution in [3.05, 3.63) is 53.2 Å². The third-order valence-electron chi connectivity index (χ3n) is 2.26. The lowest BCUT2D eigenvalue weighted by Crippen LogP contribution is -2.27. The molecule has 0 spiro atoms. The zero-order valence-electron chi connectivity index (χ0n) is 8.84. The number of benzene rings is 1. The molecule has 5 heteroatoms. The van der Waals surface area contributed by atoms with Crippen LogP contribution in [0.3, 0.4) is 0 Å². The van der Waals surface area contributed by atoms with Gasteiger partial charge in [-0.2, -0.15) is 0 Å². The number of thiophene rings is 1. The second-order valence-electron chi connectivity index (χ2n) is 3.45. The first-order valence-corrected chi connectivity index (χ1v) is 5.83. The normalized spacial score (nSPS) is 10.2. The smallest absolute Gasteiger partial charge is 0.412 e. The van der Waals surface area contributed by atoms with E-state index >= 15 is 0 Å². The van der Waals surface area contributed by atoms with Crippen LogP contribution in [0.5, 0.6) is 0 Å². The standard InChI is InChI=1S/C12H10FNO2S/c13-10-5-3-9(4-6-10)8-14(12(15)16)11-2-1-7-17-11/h1-7H,8H2,(H,15,16). The molecular formula is C12H10FNO2S. The van der Waals surface area contributed by atoms with E-state index in [4.69, 9.17) is 5.11 Å². The van der Waals surface area contributed by atoms with Crippen molar-refractivity contribution in [2.75, 3.05) is 4.90 Å². The molecule has 1 heterocycles. The Labute approximate surface area is 102 Å². The Bertz CT molecular complexity index is 496. The van der Waals surface area contributed by atoms with Gasteiger partial charge in [-0.25, -0.2) is 9.18 Å². The molecule has 2 rings (SSSR count). The number of anilines is 1. The fourth-order valence-corrected chi connectivity index (χ4v) is 2.16. The van der Waals surface area contributed by atoms with Crippen molar-refractivity contribution < 1.29 is 14.3 Å². The third-order valence-corrected chi connectivity index (χ3v) is 3.15. The van der Waals surface area contributed by atoms with E-state index in [1.54, 1.807) is 24.3 Å². The number of halogens is 1. The predicted molar refractivity (Wildman–Crippen MR) is 64.9 cm³/mol. The molecule has 0 unspecified atom stereocenters. The largest absolute Gasteiger partial charge is 0.465 e. The summed E-state index contributed by atoms with van der Waals surface area (Å²) in [7, 11) is 0. The fourth-order valence-electron chi connectivity index (χ4n) is 1.44. The van der Waals surface area contributed by atoms with E-state index < -0.39 is 6.09 Å². The van der Waals surface area contributed by atoms with Crippen molar-refractivity contribution in [3.8, 4) is 0 Å². The van der Waals surface area contributed by atoms with Gasteiger partial charge in [0.25, 0.3) is 0 Å². The molecule has 0 aliphatic carbocycles. The number of carbonyl (C=O) groups is 1. The molecule has 88 valence electrons. The number of rotatable bonds is 3. The van der Waals surface area contributed by atoms with Gasteiger partial charge >= 0.3 is 6.09 Å².